The van der Waals surface area contributed by atoms with Crippen molar-refractivity contribution in [1.82, 2.24) is 4.98 Å². The van der Waals surface area contributed by atoms with Crippen molar-refractivity contribution in [2.45, 2.75) is 39.2 Å². The van der Waals surface area contributed by atoms with Gasteiger partial charge < -0.3 is 19.2 Å². The first kappa shape index (κ1) is 17.3. The third-order valence-electron chi connectivity index (χ3n) is 3.64. The number of ether oxygens (including phenoxy) is 3. The van der Waals surface area contributed by atoms with Crippen LogP contribution in [0.15, 0.2) is 24.3 Å². The van der Waals surface area contributed by atoms with Crippen molar-refractivity contribution in [3.63, 3.8) is 0 Å². The number of fused-ring (bicyclic) bond motifs is 1. The van der Waals surface area contributed by atoms with Gasteiger partial charge in [-0.25, -0.2) is 4.79 Å². The van der Waals surface area contributed by atoms with Gasteiger partial charge in [0.25, 0.3) is 0 Å². The van der Waals surface area contributed by atoms with Gasteiger partial charge in [-0.15, -0.1) is 0 Å². The molecule has 1 unspecified atom stereocenters. The van der Waals surface area contributed by atoms with E-state index in [1.54, 1.807) is 20.1 Å². The summed E-state index contributed by atoms with van der Waals surface area (Å²) < 4.78 is 16.2. The Bertz CT molecular complexity index is 635. The molecule has 0 amide bonds. The fourth-order valence-corrected chi connectivity index (χ4v) is 2.53. The first-order chi connectivity index (χ1) is 11.2. The van der Waals surface area contributed by atoms with Gasteiger partial charge >= 0.3 is 5.97 Å². The van der Waals surface area contributed by atoms with Crippen LogP contribution in [0, 0.1) is 0 Å². The second-order valence-electron chi connectivity index (χ2n) is 5.46. The molecule has 126 valence electrons. The second-order valence-corrected chi connectivity index (χ2v) is 5.46. The molecule has 0 fully saturated rings. The summed E-state index contributed by atoms with van der Waals surface area (Å²) in [4.78, 5) is 14.9. The molecule has 23 heavy (non-hydrogen) atoms. The molecule has 0 spiro atoms. The fourth-order valence-electron chi connectivity index (χ4n) is 2.53. The Balaban J connectivity index is 2.13. The summed E-state index contributed by atoms with van der Waals surface area (Å²) in [7, 11) is 1.70. The van der Waals surface area contributed by atoms with E-state index in [-0.39, 0.29) is 12.1 Å². The summed E-state index contributed by atoms with van der Waals surface area (Å²) in [6.45, 7) is 4.98. The lowest BCUT2D eigenvalue weighted by Crippen LogP contribution is -2.18. The van der Waals surface area contributed by atoms with Crippen molar-refractivity contribution in [2.75, 3.05) is 20.3 Å². The normalized spacial score (nSPS) is 12.3. The lowest BCUT2D eigenvalue weighted by molar-refractivity contribution is 0.0520. The second kappa shape index (κ2) is 8.58. The van der Waals surface area contributed by atoms with Crippen LogP contribution < -0.4 is 4.74 Å². The van der Waals surface area contributed by atoms with E-state index in [9.17, 15) is 4.79 Å². The standard InChI is InChI=1S/C18H25NO4/c1-4-6-14(9-10-21-3)23-15-7-8-16-13(11-15)12-17(19-16)18(20)22-5-2/h7-8,11-12,14,19H,4-6,9-10H2,1-3H3. The lowest BCUT2D eigenvalue weighted by Gasteiger charge is -2.18. The minimum Gasteiger partial charge on any atom is -0.490 e. The number of hydrogen-bond acceptors (Lipinski definition) is 4. The maximum atomic E-state index is 11.8. The highest BCUT2D eigenvalue weighted by Gasteiger charge is 2.13. The van der Waals surface area contributed by atoms with Crippen LogP contribution in [0.1, 0.15) is 43.6 Å². The molecule has 0 aliphatic rings. The first-order valence-corrected chi connectivity index (χ1v) is 8.13. The predicted molar refractivity (Wildman–Crippen MR) is 90.1 cm³/mol. The molecule has 0 saturated carbocycles. The zero-order valence-electron chi connectivity index (χ0n) is 14.1. The number of nitrogens with one attached hydrogen (secondary N) is 1. The smallest absolute Gasteiger partial charge is 0.354 e. The molecule has 2 aromatic rings. The molecule has 1 N–H and O–H groups in total. The quantitative estimate of drug-likeness (QED) is 0.711. The van der Waals surface area contributed by atoms with Crippen LogP contribution in [0.5, 0.6) is 5.75 Å². The van der Waals surface area contributed by atoms with Gasteiger partial charge in [-0.3, -0.25) is 0 Å². The molecule has 0 saturated heterocycles. The van der Waals surface area contributed by atoms with Gasteiger partial charge in [0, 0.05) is 31.0 Å². The van der Waals surface area contributed by atoms with Gasteiger partial charge in [-0.1, -0.05) is 13.3 Å². The van der Waals surface area contributed by atoms with E-state index < -0.39 is 0 Å². The molecule has 0 aliphatic carbocycles. The molecular weight excluding hydrogens is 294 g/mol. The zero-order valence-corrected chi connectivity index (χ0v) is 14.1. The van der Waals surface area contributed by atoms with Crippen LogP contribution in [-0.2, 0) is 9.47 Å². The van der Waals surface area contributed by atoms with E-state index >= 15 is 0 Å². The number of aromatic amines is 1. The summed E-state index contributed by atoms with van der Waals surface area (Å²) >= 11 is 0. The Labute approximate surface area is 136 Å². The van der Waals surface area contributed by atoms with Crippen molar-refractivity contribution in [2.24, 2.45) is 0 Å². The number of esters is 1. The van der Waals surface area contributed by atoms with Gasteiger partial charge in [0.1, 0.15) is 17.5 Å². The van der Waals surface area contributed by atoms with Crippen molar-refractivity contribution in [3.8, 4) is 5.75 Å². The largest absolute Gasteiger partial charge is 0.490 e. The zero-order chi connectivity index (χ0) is 16.7. The SMILES string of the molecule is CCCC(CCOC)Oc1ccc2[nH]c(C(=O)OCC)cc2c1. The average Bonchev–Trinajstić information content (AvgIpc) is 2.96. The molecule has 5 heteroatoms. The van der Waals surface area contributed by atoms with E-state index in [1.165, 1.54) is 0 Å². The van der Waals surface area contributed by atoms with Gasteiger partial charge in [-0.05, 0) is 37.6 Å². The maximum absolute atomic E-state index is 11.8. The van der Waals surface area contributed by atoms with E-state index in [4.69, 9.17) is 14.2 Å². The minimum absolute atomic E-state index is 0.140. The van der Waals surface area contributed by atoms with Crippen LogP contribution in [-0.4, -0.2) is 37.4 Å². The summed E-state index contributed by atoms with van der Waals surface area (Å²) in [5.41, 5.74) is 1.35. The maximum Gasteiger partial charge on any atom is 0.354 e. The average molecular weight is 319 g/mol. The number of rotatable bonds is 9. The monoisotopic (exact) mass is 319 g/mol. The Morgan fingerprint density at radius 2 is 2.04 bits per heavy atom. The minimum atomic E-state index is -0.338. The van der Waals surface area contributed by atoms with Crippen molar-refractivity contribution >= 4 is 16.9 Å². The number of carbonyl (C=O) groups excluding carboxylic acids is 1. The molecule has 1 heterocycles. The first-order valence-electron chi connectivity index (χ1n) is 8.13. The van der Waals surface area contributed by atoms with E-state index in [2.05, 4.69) is 11.9 Å². The van der Waals surface area contributed by atoms with E-state index in [0.29, 0.717) is 18.9 Å². The topological polar surface area (TPSA) is 60.5 Å². The summed E-state index contributed by atoms with van der Waals surface area (Å²) in [6, 6.07) is 7.59. The Hall–Kier alpha value is -2.01. The van der Waals surface area contributed by atoms with Crippen LogP contribution >= 0.6 is 0 Å². The molecule has 1 aromatic carbocycles. The molecule has 0 aliphatic heterocycles. The highest BCUT2D eigenvalue weighted by Crippen LogP contribution is 2.24. The van der Waals surface area contributed by atoms with Crippen molar-refractivity contribution in [1.29, 1.82) is 0 Å². The Morgan fingerprint density at radius 1 is 1.22 bits per heavy atom. The highest BCUT2D eigenvalue weighted by atomic mass is 16.5. The molecule has 5 nitrogen and oxygen atoms in total. The van der Waals surface area contributed by atoms with Gasteiger partial charge in [0.15, 0.2) is 0 Å². The predicted octanol–water partition coefficient (Wildman–Crippen LogP) is 3.93. The van der Waals surface area contributed by atoms with E-state index in [0.717, 1.165) is 35.9 Å². The molecule has 1 atom stereocenters. The van der Waals surface area contributed by atoms with Crippen LogP contribution in [0.4, 0.5) is 0 Å². The van der Waals surface area contributed by atoms with Gasteiger partial charge in [-0.2, -0.15) is 0 Å². The number of carbonyl (C=O) groups is 1. The van der Waals surface area contributed by atoms with Crippen LogP contribution in [0.2, 0.25) is 0 Å². The van der Waals surface area contributed by atoms with Gasteiger partial charge in [0.05, 0.1) is 6.61 Å². The molecule has 2 rings (SSSR count). The van der Waals surface area contributed by atoms with Crippen molar-refractivity contribution < 1.29 is 19.0 Å². The summed E-state index contributed by atoms with van der Waals surface area (Å²) in [5, 5.41) is 0.938. The summed E-state index contributed by atoms with van der Waals surface area (Å²) in [5.74, 6) is 0.469. The number of benzene rings is 1. The van der Waals surface area contributed by atoms with Crippen LogP contribution in [0.3, 0.4) is 0 Å². The highest BCUT2D eigenvalue weighted by molar-refractivity contribution is 5.95. The molecular formula is C18H25NO4. The van der Waals surface area contributed by atoms with Gasteiger partial charge in [0.2, 0.25) is 0 Å². The number of hydrogen-bond donors (Lipinski definition) is 1. The summed E-state index contributed by atoms with van der Waals surface area (Å²) in [6.07, 6.45) is 3.06. The number of aromatic nitrogens is 1. The van der Waals surface area contributed by atoms with Crippen LogP contribution in [0.25, 0.3) is 10.9 Å². The number of H-pyrrole nitrogens is 1. The van der Waals surface area contributed by atoms with Crippen molar-refractivity contribution in [3.05, 3.63) is 30.0 Å². The number of methoxy groups -OCH3 is 1. The molecule has 0 radical (unpaired) electrons. The Kier molecular flexibility index (Phi) is 6.47. The third-order valence-corrected chi connectivity index (χ3v) is 3.64. The van der Waals surface area contributed by atoms with E-state index in [1.807, 2.05) is 18.2 Å². The Morgan fingerprint density at radius 3 is 2.74 bits per heavy atom. The lowest BCUT2D eigenvalue weighted by atomic mass is 10.1. The molecule has 1 aromatic heterocycles. The molecule has 0 bridgehead atoms. The fraction of sp³-hybridized carbons (Fsp3) is 0.500. The third kappa shape index (κ3) is 4.73.